The smallest absolute Gasteiger partial charge is 0.229 e. The lowest BCUT2D eigenvalue weighted by Crippen LogP contribution is -2.09. The Morgan fingerprint density at radius 1 is 1.14 bits per heavy atom. The SMILES string of the molecule is Cc1nc(Sc2ccc(NS(C)(=O)=O)cc2)ccc1C=O. The van der Waals surface area contributed by atoms with Crippen molar-refractivity contribution in [2.45, 2.75) is 16.8 Å². The van der Waals surface area contributed by atoms with Gasteiger partial charge >= 0.3 is 0 Å². The van der Waals surface area contributed by atoms with E-state index in [2.05, 4.69) is 9.71 Å². The zero-order chi connectivity index (χ0) is 15.5. The Bertz CT molecular complexity index is 756. The van der Waals surface area contributed by atoms with E-state index in [1.807, 2.05) is 12.1 Å². The highest BCUT2D eigenvalue weighted by atomic mass is 32.2. The van der Waals surface area contributed by atoms with Crippen molar-refractivity contribution in [3.05, 3.63) is 47.7 Å². The number of aryl methyl sites for hydroxylation is 1. The van der Waals surface area contributed by atoms with Crippen LogP contribution < -0.4 is 4.72 Å². The summed E-state index contributed by atoms with van der Waals surface area (Å²) in [6.07, 6.45) is 1.89. The second kappa shape index (κ2) is 6.28. The van der Waals surface area contributed by atoms with Crippen molar-refractivity contribution in [1.29, 1.82) is 0 Å². The summed E-state index contributed by atoms with van der Waals surface area (Å²) < 4.78 is 24.6. The van der Waals surface area contributed by atoms with Crippen LogP contribution in [0.3, 0.4) is 0 Å². The number of hydrogen-bond donors (Lipinski definition) is 1. The second-order valence-electron chi connectivity index (χ2n) is 4.44. The predicted molar refractivity (Wildman–Crippen MR) is 83.4 cm³/mol. The highest BCUT2D eigenvalue weighted by molar-refractivity contribution is 7.99. The summed E-state index contributed by atoms with van der Waals surface area (Å²) in [5.74, 6) is 0. The fourth-order valence-corrected chi connectivity index (χ4v) is 3.05. The number of nitrogens with one attached hydrogen (secondary N) is 1. The number of sulfonamides is 1. The average Bonchev–Trinajstić information content (AvgIpc) is 2.40. The van der Waals surface area contributed by atoms with Crippen molar-refractivity contribution in [2.75, 3.05) is 11.0 Å². The van der Waals surface area contributed by atoms with Crippen LogP contribution in [-0.4, -0.2) is 25.9 Å². The summed E-state index contributed by atoms with van der Waals surface area (Å²) in [4.78, 5) is 16.0. The minimum absolute atomic E-state index is 0.516. The zero-order valence-electron chi connectivity index (χ0n) is 11.5. The summed E-state index contributed by atoms with van der Waals surface area (Å²) in [6.45, 7) is 1.78. The number of rotatable bonds is 5. The first-order chi connectivity index (χ1) is 9.87. The number of aromatic nitrogens is 1. The molecular formula is C14H14N2O3S2. The highest BCUT2D eigenvalue weighted by Crippen LogP contribution is 2.27. The van der Waals surface area contributed by atoms with Gasteiger partial charge in [-0.25, -0.2) is 13.4 Å². The van der Waals surface area contributed by atoms with E-state index in [9.17, 15) is 13.2 Å². The van der Waals surface area contributed by atoms with Crippen molar-refractivity contribution in [1.82, 2.24) is 4.98 Å². The molecule has 0 aliphatic heterocycles. The van der Waals surface area contributed by atoms with Gasteiger partial charge in [0.25, 0.3) is 0 Å². The molecule has 1 aromatic carbocycles. The number of hydrogen-bond acceptors (Lipinski definition) is 5. The van der Waals surface area contributed by atoms with Crippen LogP contribution in [0.5, 0.6) is 0 Å². The molecule has 21 heavy (non-hydrogen) atoms. The van der Waals surface area contributed by atoms with Crippen LogP contribution >= 0.6 is 11.8 Å². The number of pyridine rings is 1. The summed E-state index contributed by atoms with van der Waals surface area (Å²) in [5.41, 5.74) is 1.78. The van der Waals surface area contributed by atoms with E-state index in [-0.39, 0.29) is 0 Å². The molecule has 0 spiro atoms. The number of carbonyl (C=O) groups excluding carboxylic acids is 1. The topological polar surface area (TPSA) is 76.1 Å². The Hall–Kier alpha value is -1.86. The van der Waals surface area contributed by atoms with E-state index in [4.69, 9.17) is 0 Å². The number of benzene rings is 1. The lowest BCUT2D eigenvalue weighted by atomic mass is 10.2. The number of carbonyl (C=O) groups is 1. The molecule has 0 aliphatic carbocycles. The second-order valence-corrected chi connectivity index (χ2v) is 7.28. The maximum Gasteiger partial charge on any atom is 0.229 e. The molecule has 0 saturated heterocycles. The molecule has 1 heterocycles. The number of anilines is 1. The summed E-state index contributed by atoms with van der Waals surface area (Å²) in [5, 5.41) is 0.780. The summed E-state index contributed by atoms with van der Waals surface area (Å²) >= 11 is 1.44. The van der Waals surface area contributed by atoms with E-state index < -0.39 is 10.0 Å². The maximum absolute atomic E-state index is 11.1. The summed E-state index contributed by atoms with van der Waals surface area (Å²) in [7, 11) is -3.26. The van der Waals surface area contributed by atoms with E-state index >= 15 is 0 Å². The molecule has 1 N–H and O–H groups in total. The van der Waals surface area contributed by atoms with Gasteiger partial charge in [0.2, 0.25) is 10.0 Å². The van der Waals surface area contributed by atoms with Crippen LogP contribution in [-0.2, 0) is 10.0 Å². The maximum atomic E-state index is 11.1. The molecule has 2 aromatic rings. The van der Waals surface area contributed by atoms with Gasteiger partial charge in [-0.15, -0.1) is 0 Å². The molecule has 0 amide bonds. The molecule has 0 saturated carbocycles. The lowest BCUT2D eigenvalue weighted by Gasteiger charge is -2.06. The largest absolute Gasteiger partial charge is 0.298 e. The van der Waals surface area contributed by atoms with Gasteiger partial charge in [0.1, 0.15) is 5.03 Å². The molecule has 0 fully saturated rings. The Morgan fingerprint density at radius 2 is 1.81 bits per heavy atom. The molecular weight excluding hydrogens is 308 g/mol. The fraction of sp³-hybridized carbons (Fsp3) is 0.143. The third-order valence-electron chi connectivity index (χ3n) is 2.61. The first-order valence-electron chi connectivity index (χ1n) is 6.06. The molecule has 7 heteroatoms. The molecule has 0 aliphatic rings. The molecule has 0 radical (unpaired) electrons. The fourth-order valence-electron chi connectivity index (χ4n) is 1.66. The Labute approximate surface area is 127 Å². The van der Waals surface area contributed by atoms with Gasteiger partial charge in [-0.3, -0.25) is 9.52 Å². The highest BCUT2D eigenvalue weighted by Gasteiger charge is 2.05. The Morgan fingerprint density at radius 3 is 2.33 bits per heavy atom. The van der Waals surface area contributed by atoms with Crippen molar-refractivity contribution in [3.63, 3.8) is 0 Å². The average molecular weight is 322 g/mol. The predicted octanol–water partition coefficient (Wildman–Crippen LogP) is 2.73. The van der Waals surface area contributed by atoms with Gasteiger partial charge < -0.3 is 0 Å². The lowest BCUT2D eigenvalue weighted by molar-refractivity contribution is 0.112. The van der Waals surface area contributed by atoms with Crippen molar-refractivity contribution in [2.24, 2.45) is 0 Å². The van der Waals surface area contributed by atoms with Crippen LogP contribution in [0.2, 0.25) is 0 Å². The van der Waals surface area contributed by atoms with Crippen LogP contribution in [0, 0.1) is 6.92 Å². The van der Waals surface area contributed by atoms with Crippen molar-refractivity contribution >= 4 is 33.8 Å². The molecule has 5 nitrogen and oxygen atoms in total. The van der Waals surface area contributed by atoms with E-state index in [1.165, 1.54) is 11.8 Å². The van der Waals surface area contributed by atoms with Crippen LogP contribution in [0.25, 0.3) is 0 Å². The zero-order valence-corrected chi connectivity index (χ0v) is 13.2. The first kappa shape index (κ1) is 15.5. The molecule has 0 bridgehead atoms. The van der Waals surface area contributed by atoms with Crippen LogP contribution in [0.1, 0.15) is 16.1 Å². The Kier molecular flexibility index (Phi) is 4.64. The number of nitrogens with zero attached hydrogens (tertiary/aromatic N) is 1. The molecule has 110 valence electrons. The van der Waals surface area contributed by atoms with Gasteiger partial charge in [0.15, 0.2) is 6.29 Å². The quantitative estimate of drug-likeness (QED) is 0.857. The summed E-state index contributed by atoms with van der Waals surface area (Å²) in [6, 6.07) is 10.5. The first-order valence-corrected chi connectivity index (χ1v) is 8.77. The van der Waals surface area contributed by atoms with E-state index in [0.29, 0.717) is 16.9 Å². The normalized spacial score (nSPS) is 11.1. The van der Waals surface area contributed by atoms with E-state index in [1.54, 1.807) is 31.2 Å². The van der Waals surface area contributed by atoms with Gasteiger partial charge in [-0.05, 0) is 43.3 Å². The van der Waals surface area contributed by atoms with Gasteiger partial charge in [-0.1, -0.05) is 11.8 Å². The van der Waals surface area contributed by atoms with Crippen molar-refractivity contribution < 1.29 is 13.2 Å². The minimum atomic E-state index is -3.26. The molecule has 2 rings (SSSR count). The third-order valence-corrected chi connectivity index (χ3v) is 4.16. The minimum Gasteiger partial charge on any atom is -0.298 e. The molecule has 0 unspecified atom stereocenters. The van der Waals surface area contributed by atoms with E-state index in [0.717, 1.165) is 22.5 Å². The monoisotopic (exact) mass is 322 g/mol. The Balaban J connectivity index is 2.13. The van der Waals surface area contributed by atoms with Crippen LogP contribution in [0.4, 0.5) is 5.69 Å². The van der Waals surface area contributed by atoms with Gasteiger partial charge in [0, 0.05) is 21.8 Å². The van der Waals surface area contributed by atoms with Crippen LogP contribution in [0.15, 0.2) is 46.3 Å². The molecule has 1 aromatic heterocycles. The molecule has 0 atom stereocenters. The van der Waals surface area contributed by atoms with Gasteiger partial charge in [-0.2, -0.15) is 0 Å². The number of aldehydes is 1. The van der Waals surface area contributed by atoms with Gasteiger partial charge in [0.05, 0.1) is 6.26 Å². The standard InChI is InChI=1S/C14H14N2O3S2/c1-10-11(9-17)3-8-14(15-10)20-13-6-4-12(5-7-13)16-21(2,18)19/h3-9,16H,1-2H3. The third kappa shape index (κ3) is 4.57. The van der Waals surface area contributed by atoms with Crippen molar-refractivity contribution in [3.8, 4) is 0 Å².